The fraction of sp³-hybridized carbons (Fsp3) is 0. The summed E-state index contributed by atoms with van der Waals surface area (Å²) in [7, 11) is 0. The first-order valence-corrected chi connectivity index (χ1v) is 17.8. The van der Waals surface area contributed by atoms with Crippen LogP contribution in [-0.2, 0) is 0 Å². The molecule has 0 atom stereocenters. The van der Waals surface area contributed by atoms with Gasteiger partial charge in [0.15, 0.2) is 0 Å². The van der Waals surface area contributed by atoms with Gasteiger partial charge in [0, 0.05) is 48.8 Å². The molecular weight excluding hydrogens is 633 g/mol. The molecule has 12 aromatic rings. The van der Waals surface area contributed by atoms with Crippen molar-refractivity contribution in [3.05, 3.63) is 170 Å². The van der Waals surface area contributed by atoms with E-state index < -0.39 is 0 Å². The van der Waals surface area contributed by atoms with E-state index in [1.54, 1.807) is 0 Å². The van der Waals surface area contributed by atoms with Crippen molar-refractivity contribution >= 4 is 81.4 Å². The van der Waals surface area contributed by atoms with Crippen LogP contribution in [0.15, 0.2) is 170 Å². The molecule has 0 N–H and O–H groups in total. The summed E-state index contributed by atoms with van der Waals surface area (Å²) in [6.45, 7) is 0. The van der Waals surface area contributed by atoms with Crippen LogP contribution in [0.2, 0.25) is 0 Å². The smallest absolute Gasteiger partial charge is 0.235 e. The SMILES string of the molecule is c1ccc(-c2cc(-c3ccccc3)nc(-n3c4ccccc4c4c3c3ccccc3c3c5cccc6c7cc8ccccc8cc7n(c65)c34)n2)cc1. The van der Waals surface area contributed by atoms with Gasteiger partial charge in [0.2, 0.25) is 5.95 Å². The van der Waals surface area contributed by atoms with Crippen LogP contribution in [0.25, 0.3) is 110 Å². The second-order valence-electron chi connectivity index (χ2n) is 13.8. The third kappa shape index (κ3) is 3.65. The highest BCUT2D eigenvalue weighted by Gasteiger charge is 2.26. The monoisotopic (exact) mass is 660 g/mol. The molecule has 0 aliphatic rings. The Balaban J connectivity index is 1.32. The molecule has 0 bridgehead atoms. The summed E-state index contributed by atoms with van der Waals surface area (Å²) in [5.74, 6) is 0.653. The first-order valence-electron chi connectivity index (χ1n) is 17.8. The molecule has 0 spiro atoms. The van der Waals surface area contributed by atoms with E-state index in [1.165, 1.54) is 70.4 Å². The Morgan fingerprint density at radius 3 is 1.63 bits per heavy atom. The highest BCUT2D eigenvalue weighted by Crippen LogP contribution is 2.48. The Hall–Kier alpha value is -7.04. The number of fused-ring (bicyclic) bond motifs is 14. The van der Waals surface area contributed by atoms with Crippen molar-refractivity contribution in [2.45, 2.75) is 0 Å². The molecule has 0 radical (unpaired) electrons. The van der Waals surface area contributed by atoms with E-state index in [4.69, 9.17) is 9.97 Å². The van der Waals surface area contributed by atoms with Crippen molar-refractivity contribution < 1.29 is 0 Å². The number of hydrogen-bond donors (Lipinski definition) is 0. The van der Waals surface area contributed by atoms with E-state index in [9.17, 15) is 0 Å². The Labute approximate surface area is 297 Å². The molecule has 4 heterocycles. The molecule has 0 aliphatic heterocycles. The minimum Gasteiger partial charge on any atom is -0.307 e. The number of nitrogens with zero attached hydrogens (tertiary/aromatic N) is 4. The molecule has 52 heavy (non-hydrogen) atoms. The summed E-state index contributed by atoms with van der Waals surface area (Å²) in [5.41, 5.74) is 9.79. The zero-order chi connectivity index (χ0) is 33.9. The maximum atomic E-state index is 5.37. The van der Waals surface area contributed by atoms with Crippen LogP contribution in [0.3, 0.4) is 0 Å². The van der Waals surface area contributed by atoms with Gasteiger partial charge in [-0.25, -0.2) is 9.97 Å². The molecule has 0 amide bonds. The van der Waals surface area contributed by atoms with Crippen molar-refractivity contribution in [2.24, 2.45) is 0 Å². The minimum atomic E-state index is 0.653. The second kappa shape index (κ2) is 10.3. The molecule has 0 saturated heterocycles. The molecule has 8 aromatic carbocycles. The number of para-hydroxylation sites is 2. The molecule has 0 fully saturated rings. The molecule has 0 aliphatic carbocycles. The minimum absolute atomic E-state index is 0.653. The van der Waals surface area contributed by atoms with Crippen LogP contribution < -0.4 is 0 Å². The zero-order valence-electron chi connectivity index (χ0n) is 28.0. The van der Waals surface area contributed by atoms with Gasteiger partial charge in [0.25, 0.3) is 0 Å². The molecule has 4 heteroatoms. The summed E-state index contributed by atoms with van der Waals surface area (Å²) in [4.78, 5) is 10.7. The normalized spacial score (nSPS) is 12.2. The van der Waals surface area contributed by atoms with Crippen molar-refractivity contribution in [3.8, 4) is 28.5 Å². The lowest BCUT2D eigenvalue weighted by atomic mass is 9.98. The summed E-state index contributed by atoms with van der Waals surface area (Å²) in [6.07, 6.45) is 0. The van der Waals surface area contributed by atoms with E-state index in [2.05, 4.69) is 167 Å². The average molecular weight is 661 g/mol. The number of rotatable bonds is 3. The van der Waals surface area contributed by atoms with Crippen LogP contribution in [0.4, 0.5) is 0 Å². The second-order valence-corrected chi connectivity index (χ2v) is 13.8. The molecular formula is C48H28N4. The lowest BCUT2D eigenvalue weighted by Crippen LogP contribution is -2.04. The Morgan fingerprint density at radius 1 is 0.346 bits per heavy atom. The summed E-state index contributed by atoms with van der Waals surface area (Å²) < 4.78 is 4.86. The maximum Gasteiger partial charge on any atom is 0.235 e. The highest BCUT2D eigenvalue weighted by molar-refractivity contribution is 6.39. The molecule has 4 aromatic heterocycles. The van der Waals surface area contributed by atoms with Crippen LogP contribution >= 0.6 is 0 Å². The first-order chi connectivity index (χ1) is 25.8. The number of aromatic nitrogens is 4. The van der Waals surface area contributed by atoms with Gasteiger partial charge in [-0.15, -0.1) is 0 Å². The highest BCUT2D eigenvalue weighted by atomic mass is 15.2. The fourth-order valence-corrected chi connectivity index (χ4v) is 8.83. The van der Waals surface area contributed by atoms with Gasteiger partial charge in [-0.3, -0.25) is 4.57 Å². The Kier molecular flexibility index (Phi) is 5.47. The summed E-state index contributed by atoms with van der Waals surface area (Å²) in [5, 5.41) is 12.4. The van der Waals surface area contributed by atoms with E-state index in [1.807, 2.05) is 12.1 Å². The van der Waals surface area contributed by atoms with Gasteiger partial charge in [-0.05, 0) is 40.4 Å². The van der Waals surface area contributed by atoms with Gasteiger partial charge >= 0.3 is 0 Å². The average Bonchev–Trinajstić information content (AvgIpc) is 3.86. The standard InChI is InChI=1S/C48H28N4/c1-3-14-29(15-4-1)39-28-40(30-16-5-2-6-17-30)50-48(49-39)52-41-25-12-11-22-36(41)44-46(52)34-21-10-9-20-33(34)43-37-24-13-23-35-38-26-31-18-7-8-19-32(31)27-42(38)51(45(35)37)47(43)44/h1-28H. The maximum absolute atomic E-state index is 5.37. The predicted octanol–water partition coefficient (Wildman–Crippen LogP) is 12.4. The lowest BCUT2D eigenvalue weighted by Gasteiger charge is -2.13. The van der Waals surface area contributed by atoms with Gasteiger partial charge in [0.1, 0.15) is 0 Å². The lowest BCUT2D eigenvalue weighted by molar-refractivity contribution is 0.998. The molecule has 240 valence electrons. The predicted molar refractivity (Wildman–Crippen MR) is 217 cm³/mol. The van der Waals surface area contributed by atoms with Crippen molar-refractivity contribution in [1.29, 1.82) is 0 Å². The zero-order valence-corrected chi connectivity index (χ0v) is 28.0. The Morgan fingerprint density at radius 2 is 0.904 bits per heavy atom. The third-order valence-corrected chi connectivity index (χ3v) is 11.0. The number of benzene rings is 8. The molecule has 0 unspecified atom stereocenters. The van der Waals surface area contributed by atoms with Gasteiger partial charge in [-0.1, -0.05) is 146 Å². The third-order valence-electron chi connectivity index (χ3n) is 11.0. The molecule has 0 saturated carbocycles. The topological polar surface area (TPSA) is 35.1 Å². The van der Waals surface area contributed by atoms with Crippen LogP contribution in [0.5, 0.6) is 0 Å². The van der Waals surface area contributed by atoms with Gasteiger partial charge in [0.05, 0.1) is 39.0 Å². The van der Waals surface area contributed by atoms with E-state index in [0.29, 0.717) is 5.95 Å². The van der Waals surface area contributed by atoms with Gasteiger partial charge < -0.3 is 4.40 Å². The molecule has 12 rings (SSSR count). The van der Waals surface area contributed by atoms with Gasteiger partial charge in [-0.2, -0.15) is 0 Å². The van der Waals surface area contributed by atoms with Crippen LogP contribution in [0.1, 0.15) is 0 Å². The van der Waals surface area contributed by atoms with E-state index in [-0.39, 0.29) is 0 Å². The van der Waals surface area contributed by atoms with E-state index >= 15 is 0 Å². The van der Waals surface area contributed by atoms with Crippen LogP contribution in [-0.4, -0.2) is 18.9 Å². The molecule has 4 nitrogen and oxygen atoms in total. The van der Waals surface area contributed by atoms with Crippen molar-refractivity contribution in [3.63, 3.8) is 0 Å². The first kappa shape index (κ1) is 27.7. The largest absolute Gasteiger partial charge is 0.307 e. The van der Waals surface area contributed by atoms with Crippen LogP contribution in [0, 0.1) is 0 Å². The van der Waals surface area contributed by atoms with E-state index in [0.717, 1.165) is 33.5 Å². The number of hydrogen-bond acceptors (Lipinski definition) is 2. The Bertz CT molecular complexity index is 3330. The van der Waals surface area contributed by atoms with Crippen molar-refractivity contribution in [1.82, 2.24) is 18.9 Å². The summed E-state index contributed by atoms with van der Waals surface area (Å²) >= 11 is 0. The fourth-order valence-electron chi connectivity index (χ4n) is 8.83. The summed E-state index contributed by atoms with van der Waals surface area (Å²) in [6, 6.07) is 60.9. The quantitative estimate of drug-likeness (QED) is 0.189. The van der Waals surface area contributed by atoms with Crippen molar-refractivity contribution in [2.75, 3.05) is 0 Å².